The summed E-state index contributed by atoms with van der Waals surface area (Å²) in [6.45, 7) is 1.96. The molecular formula is C20H23IN2O3. The number of halogens is 1. The van der Waals surface area contributed by atoms with Crippen LogP contribution in [0, 0.1) is 3.57 Å². The van der Waals surface area contributed by atoms with Gasteiger partial charge < -0.3 is 4.90 Å². The molecule has 138 valence electrons. The van der Waals surface area contributed by atoms with Crippen molar-refractivity contribution in [2.24, 2.45) is 0 Å². The summed E-state index contributed by atoms with van der Waals surface area (Å²) in [6, 6.07) is 6.57. The molecule has 1 saturated heterocycles. The van der Waals surface area contributed by atoms with Crippen LogP contribution in [0.2, 0.25) is 0 Å². The molecule has 1 aromatic rings. The topological polar surface area (TPSA) is 57.7 Å². The first kappa shape index (κ1) is 19.1. The lowest BCUT2D eigenvalue weighted by Crippen LogP contribution is -2.45. The molecule has 0 aromatic heterocycles. The molecule has 0 N–H and O–H groups in total. The van der Waals surface area contributed by atoms with Gasteiger partial charge in [0.2, 0.25) is 11.8 Å². The molecule has 1 unspecified atom stereocenters. The van der Waals surface area contributed by atoms with Gasteiger partial charge in [-0.1, -0.05) is 11.6 Å². The molecule has 3 rings (SSSR count). The van der Waals surface area contributed by atoms with Gasteiger partial charge in [0.15, 0.2) is 0 Å². The van der Waals surface area contributed by atoms with Gasteiger partial charge in [0.1, 0.15) is 6.04 Å². The van der Waals surface area contributed by atoms with Crippen molar-refractivity contribution < 1.29 is 14.4 Å². The quantitative estimate of drug-likeness (QED) is 0.378. The van der Waals surface area contributed by atoms with E-state index in [0.29, 0.717) is 12.2 Å². The van der Waals surface area contributed by atoms with E-state index in [1.165, 1.54) is 30.2 Å². The Balaban J connectivity index is 1.74. The maximum atomic E-state index is 12.9. The highest BCUT2D eigenvalue weighted by Crippen LogP contribution is 2.27. The van der Waals surface area contributed by atoms with E-state index in [2.05, 4.69) is 28.7 Å². The van der Waals surface area contributed by atoms with E-state index in [0.717, 1.165) is 22.8 Å². The molecular weight excluding hydrogens is 443 g/mol. The van der Waals surface area contributed by atoms with Gasteiger partial charge in [0.25, 0.3) is 5.91 Å². The molecule has 1 aromatic carbocycles. The summed E-state index contributed by atoms with van der Waals surface area (Å²) < 4.78 is 1.04. The monoisotopic (exact) mass is 466 g/mol. The Morgan fingerprint density at radius 1 is 1.23 bits per heavy atom. The lowest BCUT2D eigenvalue weighted by molar-refractivity contribution is -0.136. The summed E-state index contributed by atoms with van der Waals surface area (Å²) in [7, 11) is 0. The molecule has 2 aliphatic rings. The van der Waals surface area contributed by atoms with E-state index in [1.807, 2.05) is 12.1 Å². The minimum absolute atomic E-state index is 0.0590. The zero-order valence-corrected chi connectivity index (χ0v) is 17.1. The Labute approximate surface area is 167 Å². The average Bonchev–Trinajstić information content (AvgIpc) is 2.91. The number of anilines is 1. The number of carbonyl (C=O) groups excluding carboxylic acids is 3. The van der Waals surface area contributed by atoms with Gasteiger partial charge in [-0.25, -0.2) is 4.90 Å². The number of rotatable bonds is 5. The standard InChI is InChI=1S/C20H23IN2O3/c1-14(24)22(12-11-15-5-3-2-4-6-15)18-13-19(25)23(20(18)26)17-9-7-16(21)8-10-17/h5,7-10,18H,2-4,6,11-13H2,1H3. The Kier molecular flexibility index (Phi) is 6.11. The van der Waals surface area contributed by atoms with Crippen molar-refractivity contribution in [2.45, 2.75) is 51.5 Å². The lowest BCUT2D eigenvalue weighted by atomic mass is 9.97. The van der Waals surface area contributed by atoms with Crippen molar-refractivity contribution in [3.05, 3.63) is 39.5 Å². The van der Waals surface area contributed by atoms with Crippen molar-refractivity contribution >= 4 is 46.0 Å². The molecule has 0 spiro atoms. The average molecular weight is 466 g/mol. The van der Waals surface area contributed by atoms with Crippen LogP contribution < -0.4 is 4.90 Å². The summed E-state index contributed by atoms with van der Waals surface area (Å²) in [5.41, 5.74) is 1.93. The van der Waals surface area contributed by atoms with E-state index in [1.54, 1.807) is 17.0 Å². The van der Waals surface area contributed by atoms with Gasteiger partial charge in [-0.15, -0.1) is 0 Å². The predicted octanol–water partition coefficient (Wildman–Crippen LogP) is 3.66. The van der Waals surface area contributed by atoms with Crippen LogP contribution in [0.4, 0.5) is 5.69 Å². The molecule has 1 heterocycles. The van der Waals surface area contributed by atoms with Gasteiger partial charge in [-0.05, 0) is 79.0 Å². The molecule has 3 amide bonds. The number of allylic oxidation sites excluding steroid dienone is 1. The molecule has 26 heavy (non-hydrogen) atoms. The fraction of sp³-hybridized carbons (Fsp3) is 0.450. The first-order chi connectivity index (χ1) is 12.5. The van der Waals surface area contributed by atoms with E-state index in [9.17, 15) is 14.4 Å². The van der Waals surface area contributed by atoms with E-state index in [4.69, 9.17) is 0 Å². The van der Waals surface area contributed by atoms with Crippen LogP contribution in [0.25, 0.3) is 0 Å². The molecule has 1 atom stereocenters. The smallest absolute Gasteiger partial charge is 0.257 e. The van der Waals surface area contributed by atoms with Crippen LogP contribution in [0.1, 0.15) is 45.4 Å². The normalized spacial score (nSPS) is 20.3. The Morgan fingerprint density at radius 2 is 1.96 bits per heavy atom. The third kappa shape index (κ3) is 4.16. The summed E-state index contributed by atoms with van der Waals surface area (Å²) >= 11 is 2.18. The minimum atomic E-state index is -0.691. The van der Waals surface area contributed by atoms with Gasteiger partial charge in [0, 0.05) is 17.0 Å². The third-order valence-corrected chi connectivity index (χ3v) is 5.77. The van der Waals surface area contributed by atoms with E-state index < -0.39 is 6.04 Å². The number of nitrogens with zero attached hydrogens (tertiary/aromatic N) is 2. The molecule has 5 nitrogen and oxygen atoms in total. The molecule has 6 heteroatoms. The SMILES string of the molecule is CC(=O)N(CCC1=CCCCC1)C1CC(=O)N(c2ccc(I)cc2)C1=O. The van der Waals surface area contributed by atoms with Crippen molar-refractivity contribution in [1.82, 2.24) is 4.90 Å². The highest BCUT2D eigenvalue weighted by atomic mass is 127. The molecule has 1 aliphatic carbocycles. The first-order valence-electron chi connectivity index (χ1n) is 9.05. The van der Waals surface area contributed by atoms with Crippen LogP contribution in [0.5, 0.6) is 0 Å². The zero-order chi connectivity index (χ0) is 18.7. The number of amides is 3. The fourth-order valence-electron chi connectivity index (χ4n) is 3.65. The molecule has 0 radical (unpaired) electrons. The number of benzene rings is 1. The van der Waals surface area contributed by atoms with Crippen LogP contribution >= 0.6 is 22.6 Å². The second-order valence-corrected chi connectivity index (χ2v) is 8.08. The second-order valence-electron chi connectivity index (χ2n) is 6.83. The van der Waals surface area contributed by atoms with E-state index >= 15 is 0 Å². The summed E-state index contributed by atoms with van der Waals surface area (Å²) in [5.74, 6) is -0.703. The Bertz CT molecular complexity index is 742. The van der Waals surface area contributed by atoms with Crippen molar-refractivity contribution in [3.8, 4) is 0 Å². The fourth-order valence-corrected chi connectivity index (χ4v) is 4.01. The van der Waals surface area contributed by atoms with Crippen LogP contribution in [0.3, 0.4) is 0 Å². The predicted molar refractivity (Wildman–Crippen MR) is 109 cm³/mol. The zero-order valence-electron chi connectivity index (χ0n) is 14.9. The second kappa shape index (κ2) is 8.33. The Hall–Kier alpha value is -1.70. The van der Waals surface area contributed by atoms with Crippen molar-refractivity contribution in [3.63, 3.8) is 0 Å². The summed E-state index contributed by atoms with van der Waals surface area (Å²) in [4.78, 5) is 40.3. The molecule has 1 fully saturated rings. The van der Waals surface area contributed by atoms with E-state index in [-0.39, 0.29) is 24.1 Å². The first-order valence-corrected chi connectivity index (χ1v) is 10.1. The third-order valence-electron chi connectivity index (χ3n) is 5.05. The van der Waals surface area contributed by atoms with Gasteiger partial charge in [-0.2, -0.15) is 0 Å². The maximum absolute atomic E-state index is 12.9. The molecule has 0 saturated carbocycles. The van der Waals surface area contributed by atoms with Gasteiger partial charge in [-0.3, -0.25) is 14.4 Å². The number of carbonyl (C=O) groups is 3. The van der Waals surface area contributed by atoms with Gasteiger partial charge in [0.05, 0.1) is 12.1 Å². The van der Waals surface area contributed by atoms with Crippen LogP contribution in [-0.4, -0.2) is 35.2 Å². The van der Waals surface area contributed by atoms with Crippen LogP contribution in [-0.2, 0) is 14.4 Å². The number of hydrogen-bond acceptors (Lipinski definition) is 3. The largest absolute Gasteiger partial charge is 0.330 e. The highest BCUT2D eigenvalue weighted by molar-refractivity contribution is 14.1. The van der Waals surface area contributed by atoms with Gasteiger partial charge >= 0.3 is 0 Å². The lowest BCUT2D eigenvalue weighted by Gasteiger charge is -2.27. The van der Waals surface area contributed by atoms with Crippen LogP contribution in [0.15, 0.2) is 35.9 Å². The number of hydrogen-bond donors (Lipinski definition) is 0. The summed E-state index contributed by atoms with van der Waals surface area (Å²) in [6.07, 6.45) is 7.66. The maximum Gasteiger partial charge on any atom is 0.257 e. The Morgan fingerprint density at radius 3 is 2.58 bits per heavy atom. The number of imide groups is 1. The summed E-state index contributed by atoms with van der Waals surface area (Å²) in [5, 5.41) is 0. The van der Waals surface area contributed by atoms with Crippen molar-refractivity contribution in [1.29, 1.82) is 0 Å². The highest BCUT2D eigenvalue weighted by Gasteiger charge is 2.43. The molecule has 1 aliphatic heterocycles. The van der Waals surface area contributed by atoms with Crippen molar-refractivity contribution in [2.75, 3.05) is 11.4 Å². The molecule has 0 bridgehead atoms. The minimum Gasteiger partial charge on any atom is -0.330 e.